The topological polar surface area (TPSA) is 49.8 Å². The molecule has 0 aromatic heterocycles. The number of carboxylic acids is 1. The average Bonchev–Trinajstić information content (AvgIpc) is 2.40. The van der Waals surface area contributed by atoms with E-state index in [0.29, 0.717) is 24.5 Å². The zero-order valence-electron chi connectivity index (χ0n) is 12.9. The van der Waals surface area contributed by atoms with Crippen molar-refractivity contribution in [3.63, 3.8) is 0 Å². The predicted octanol–water partition coefficient (Wildman–Crippen LogP) is 2.62. The monoisotopic (exact) mass is 283 g/mol. The van der Waals surface area contributed by atoms with Crippen molar-refractivity contribution in [3.05, 3.63) is 0 Å². The van der Waals surface area contributed by atoms with Crippen molar-refractivity contribution in [2.24, 2.45) is 17.8 Å². The third-order valence-corrected chi connectivity index (χ3v) is 4.86. The summed E-state index contributed by atoms with van der Waals surface area (Å²) in [4.78, 5) is 13.4. The quantitative estimate of drug-likeness (QED) is 0.842. The van der Waals surface area contributed by atoms with E-state index in [1.165, 1.54) is 25.7 Å². The van der Waals surface area contributed by atoms with Crippen molar-refractivity contribution < 1.29 is 14.6 Å². The van der Waals surface area contributed by atoms with Crippen LogP contribution in [-0.4, -0.2) is 48.3 Å². The standard InChI is InChI=1S/C16H29NO3/c1-12-9-14(16(18)19)11-17(10-12)7-8-20-15-6-4-3-5-13(15)2/h12-15H,3-11H2,1-2H3,(H,18,19). The first kappa shape index (κ1) is 15.8. The van der Waals surface area contributed by atoms with Crippen molar-refractivity contribution in [1.82, 2.24) is 4.90 Å². The maximum Gasteiger partial charge on any atom is 0.307 e. The zero-order valence-corrected chi connectivity index (χ0v) is 12.9. The van der Waals surface area contributed by atoms with E-state index in [4.69, 9.17) is 4.74 Å². The molecule has 1 aliphatic heterocycles. The van der Waals surface area contributed by atoms with Crippen LogP contribution in [0.1, 0.15) is 46.0 Å². The van der Waals surface area contributed by atoms with E-state index in [9.17, 15) is 9.90 Å². The molecule has 1 saturated carbocycles. The minimum absolute atomic E-state index is 0.202. The minimum Gasteiger partial charge on any atom is -0.481 e. The van der Waals surface area contributed by atoms with Crippen LogP contribution in [0.5, 0.6) is 0 Å². The van der Waals surface area contributed by atoms with Crippen molar-refractivity contribution in [2.45, 2.75) is 52.1 Å². The maximum absolute atomic E-state index is 11.2. The second-order valence-corrected chi connectivity index (χ2v) is 6.81. The fourth-order valence-corrected chi connectivity index (χ4v) is 3.69. The van der Waals surface area contributed by atoms with Crippen LogP contribution < -0.4 is 0 Å². The molecule has 2 fully saturated rings. The van der Waals surface area contributed by atoms with Crippen LogP contribution in [0.3, 0.4) is 0 Å². The van der Waals surface area contributed by atoms with Crippen LogP contribution in [0.2, 0.25) is 0 Å². The number of ether oxygens (including phenoxy) is 1. The highest BCUT2D eigenvalue weighted by molar-refractivity contribution is 5.70. The van der Waals surface area contributed by atoms with Gasteiger partial charge in [0.15, 0.2) is 0 Å². The number of carbonyl (C=O) groups is 1. The number of piperidine rings is 1. The molecule has 4 heteroatoms. The number of hydrogen-bond acceptors (Lipinski definition) is 3. The molecule has 0 spiro atoms. The highest BCUT2D eigenvalue weighted by atomic mass is 16.5. The van der Waals surface area contributed by atoms with Crippen LogP contribution >= 0.6 is 0 Å². The normalized spacial score (nSPS) is 35.9. The van der Waals surface area contributed by atoms with E-state index in [-0.39, 0.29) is 5.92 Å². The van der Waals surface area contributed by atoms with Gasteiger partial charge in [-0.15, -0.1) is 0 Å². The highest BCUT2D eigenvalue weighted by Gasteiger charge is 2.29. The molecule has 1 heterocycles. The van der Waals surface area contributed by atoms with E-state index in [2.05, 4.69) is 18.7 Å². The van der Waals surface area contributed by atoms with Crippen molar-refractivity contribution >= 4 is 5.97 Å². The van der Waals surface area contributed by atoms with E-state index >= 15 is 0 Å². The third-order valence-electron chi connectivity index (χ3n) is 4.86. The fourth-order valence-electron chi connectivity index (χ4n) is 3.69. The van der Waals surface area contributed by atoms with Crippen molar-refractivity contribution in [3.8, 4) is 0 Å². The first-order valence-corrected chi connectivity index (χ1v) is 8.13. The lowest BCUT2D eigenvalue weighted by Gasteiger charge is -2.35. The first-order valence-electron chi connectivity index (χ1n) is 8.13. The van der Waals surface area contributed by atoms with E-state index < -0.39 is 5.97 Å². The second-order valence-electron chi connectivity index (χ2n) is 6.81. The lowest BCUT2D eigenvalue weighted by molar-refractivity contribution is -0.144. The summed E-state index contributed by atoms with van der Waals surface area (Å²) < 4.78 is 6.04. The molecule has 4 atom stereocenters. The molecule has 1 saturated heterocycles. The van der Waals surface area contributed by atoms with Gasteiger partial charge in [0.2, 0.25) is 0 Å². The summed E-state index contributed by atoms with van der Waals surface area (Å²) in [5.41, 5.74) is 0. The van der Waals surface area contributed by atoms with E-state index in [1.807, 2.05) is 0 Å². The molecule has 2 rings (SSSR count). The molecule has 0 aromatic carbocycles. The van der Waals surface area contributed by atoms with Crippen LogP contribution in [0.25, 0.3) is 0 Å². The van der Waals surface area contributed by atoms with Gasteiger partial charge < -0.3 is 9.84 Å². The number of hydrogen-bond donors (Lipinski definition) is 1. The molecule has 4 unspecified atom stereocenters. The molecular weight excluding hydrogens is 254 g/mol. The Morgan fingerprint density at radius 3 is 2.70 bits per heavy atom. The van der Waals surface area contributed by atoms with Crippen LogP contribution in [0.15, 0.2) is 0 Å². The SMILES string of the molecule is CC1CC(C(=O)O)CN(CCOC2CCCCC2C)C1. The van der Waals surface area contributed by atoms with Gasteiger partial charge in [-0.2, -0.15) is 0 Å². The van der Waals surface area contributed by atoms with Crippen molar-refractivity contribution in [2.75, 3.05) is 26.2 Å². The Bertz CT molecular complexity index is 321. The van der Waals surface area contributed by atoms with E-state index in [1.54, 1.807) is 0 Å². The van der Waals surface area contributed by atoms with Gasteiger partial charge in [0, 0.05) is 19.6 Å². The van der Waals surface area contributed by atoms with Gasteiger partial charge >= 0.3 is 5.97 Å². The molecule has 1 N–H and O–H groups in total. The zero-order chi connectivity index (χ0) is 14.5. The minimum atomic E-state index is -0.650. The van der Waals surface area contributed by atoms with Gasteiger partial charge in [0.25, 0.3) is 0 Å². The molecule has 1 aliphatic carbocycles. The molecule has 4 nitrogen and oxygen atoms in total. The van der Waals surface area contributed by atoms with Gasteiger partial charge in [-0.1, -0.05) is 26.7 Å². The Morgan fingerprint density at radius 2 is 2.00 bits per heavy atom. The summed E-state index contributed by atoms with van der Waals surface area (Å²) in [5.74, 6) is 0.296. The Labute approximate surface area is 122 Å². The summed E-state index contributed by atoms with van der Waals surface area (Å²) in [6.07, 6.45) is 6.33. The van der Waals surface area contributed by atoms with Gasteiger partial charge in [0.1, 0.15) is 0 Å². The second kappa shape index (κ2) is 7.41. The van der Waals surface area contributed by atoms with Gasteiger partial charge in [-0.05, 0) is 31.1 Å². The number of likely N-dealkylation sites (tertiary alicyclic amines) is 1. The Kier molecular flexibility index (Phi) is 5.85. The Morgan fingerprint density at radius 1 is 1.25 bits per heavy atom. The number of rotatable bonds is 5. The summed E-state index contributed by atoms with van der Waals surface area (Å²) in [7, 11) is 0. The molecular formula is C16H29NO3. The Hall–Kier alpha value is -0.610. The van der Waals surface area contributed by atoms with Crippen molar-refractivity contribution in [1.29, 1.82) is 0 Å². The first-order chi connectivity index (χ1) is 9.56. The fraction of sp³-hybridized carbons (Fsp3) is 0.938. The lowest BCUT2D eigenvalue weighted by atomic mass is 9.88. The highest BCUT2D eigenvalue weighted by Crippen LogP contribution is 2.26. The molecule has 2 aliphatic rings. The van der Waals surface area contributed by atoms with Gasteiger partial charge in [-0.3, -0.25) is 9.69 Å². The summed E-state index contributed by atoms with van der Waals surface area (Å²) in [5, 5.41) is 9.18. The number of nitrogens with zero attached hydrogens (tertiary/aromatic N) is 1. The van der Waals surface area contributed by atoms with Crippen LogP contribution in [0.4, 0.5) is 0 Å². The van der Waals surface area contributed by atoms with Crippen LogP contribution in [0, 0.1) is 17.8 Å². The molecule has 0 aromatic rings. The Balaban J connectivity index is 1.71. The van der Waals surface area contributed by atoms with Crippen LogP contribution in [-0.2, 0) is 9.53 Å². The summed E-state index contributed by atoms with van der Waals surface area (Å²) >= 11 is 0. The smallest absolute Gasteiger partial charge is 0.307 e. The molecule has 0 radical (unpaired) electrons. The molecule has 116 valence electrons. The predicted molar refractivity (Wildman–Crippen MR) is 78.7 cm³/mol. The van der Waals surface area contributed by atoms with E-state index in [0.717, 1.165) is 26.1 Å². The number of aliphatic carboxylic acids is 1. The number of carboxylic acid groups (broad SMARTS) is 1. The summed E-state index contributed by atoms with van der Waals surface area (Å²) in [6, 6.07) is 0. The molecule has 20 heavy (non-hydrogen) atoms. The average molecular weight is 283 g/mol. The third kappa shape index (κ3) is 4.45. The van der Waals surface area contributed by atoms with Gasteiger partial charge in [0.05, 0.1) is 18.6 Å². The maximum atomic E-state index is 11.2. The van der Waals surface area contributed by atoms with Gasteiger partial charge in [-0.25, -0.2) is 0 Å². The molecule has 0 amide bonds. The summed E-state index contributed by atoms with van der Waals surface area (Å²) in [6.45, 7) is 7.74. The lowest BCUT2D eigenvalue weighted by Crippen LogP contribution is -2.44. The largest absolute Gasteiger partial charge is 0.481 e. The molecule has 0 bridgehead atoms.